The molecule has 2 heterocycles. The molecule has 1 aliphatic rings. The van der Waals surface area contributed by atoms with E-state index in [0.717, 1.165) is 19.4 Å². The summed E-state index contributed by atoms with van der Waals surface area (Å²) in [6.07, 6.45) is 1.63. The molecule has 10 heteroatoms. The molecule has 1 N–H and O–H groups in total. The van der Waals surface area contributed by atoms with Crippen molar-refractivity contribution in [2.24, 2.45) is 5.92 Å². The largest absolute Gasteiger partial charge is 0.493 e. The Morgan fingerprint density at radius 2 is 1.87 bits per heavy atom. The molecule has 0 aliphatic carbocycles. The van der Waals surface area contributed by atoms with Gasteiger partial charge in [-0.25, -0.2) is 0 Å². The van der Waals surface area contributed by atoms with Crippen LogP contribution in [0.1, 0.15) is 18.7 Å². The van der Waals surface area contributed by atoms with Gasteiger partial charge in [0.2, 0.25) is 17.6 Å². The van der Waals surface area contributed by atoms with Crippen molar-refractivity contribution in [3.8, 4) is 28.6 Å². The van der Waals surface area contributed by atoms with Gasteiger partial charge in [0, 0.05) is 17.1 Å². The van der Waals surface area contributed by atoms with Crippen LogP contribution in [0.25, 0.3) is 11.4 Å². The summed E-state index contributed by atoms with van der Waals surface area (Å²) in [5.41, 5.74) is 1.21. The van der Waals surface area contributed by atoms with E-state index in [-0.39, 0.29) is 11.8 Å². The molecule has 1 saturated heterocycles. The number of hydrogen-bond acceptors (Lipinski definition) is 7. The Balaban J connectivity index is 1.25. The van der Waals surface area contributed by atoms with Crippen molar-refractivity contribution in [2.75, 3.05) is 25.5 Å². The van der Waals surface area contributed by atoms with Crippen LogP contribution in [0.4, 0.5) is 5.69 Å². The number of hydrogen-bond donors (Lipinski definition) is 1. The first-order valence-electron chi connectivity index (χ1n) is 12.2. The Labute approximate surface area is 230 Å². The third-order valence-electron chi connectivity index (χ3n) is 6.31. The number of aromatic nitrogens is 2. The van der Waals surface area contributed by atoms with Crippen LogP contribution in [0.15, 0.2) is 71.3 Å². The lowest BCUT2D eigenvalue weighted by atomic mass is 9.97. The minimum Gasteiger partial charge on any atom is -0.493 e. The number of nitrogens with one attached hydrogen (secondary N) is 1. The lowest BCUT2D eigenvalue weighted by Gasteiger charge is -2.31. The number of anilines is 1. The fraction of sp³-hybridized carbons (Fsp3) is 0.250. The molecule has 3 aromatic carbocycles. The highest BCUT2D eigenvalue weighted by Crippen LogP contribution is 2.37. The molecule has 38 heavy (non-hydrogen) atoms. The maximum Gasteiger partial charge on any atom is 0.241 e. The fourth-order valence-electron chi connectivity index (χ4n) is 4.42. The summed E-state index contributed by atoms with van der Waals surface area (Å²) in [7, 11) is 1.58. The van der Waals surface area contributed by atoms with Crippen LogP contribution in [0.5, 0.6) is 17.2 Å². The van der Waals surface area contributed by atoms with Gasteiger partial charge >= 0.3 is 0 Å². The van der Waals surface area contributed by atoms with Gasteiger partial charge in [0.1, 0.15) is 0 Å². The van der Waals surface area contributed by atoms with E-state index in [1.54, 1.807) is 43.5 Å². The van der Waals surface area contributed by atoms with E-state index in [1.165, 1.54) is 0 Å². The molecule has 0 spiro atoms. The van der Waals surface area contributed by atoms with Crippen LogP contribution in [0.3, 0.4) is 0 Å². The number of methoxy groups -OCH3 is 1. The van der Waals surface area contributed by atoms with Crippen molar-refractivity contribution in [1.82, 2.24) is 15.0 Å². The third-order valence-corrected chi connectivity index (χ3v) is 6.87. The third kappa shape index (κ3) is 6.10. The highest BCUT2D eigenvalue weighted by molar-refractivity contribution is 6.33. The van der Waals surface area contributed by atoms with Gasteiger partial charge in [0.05, 0.1) is 30.3 Å². The number of rotatable bonds is 8. The number of carbonyl (C=O) groups is 1. The first kappa shape index (κ1) is 26.0. The number of amides is 1. The highest BCUT2D eigenvalue weighted by Gasteiger charge is 2.28. The standard InChI is InChI=1S/C28H26Cl2N4O4/c1-36-24-10-4-5-11-25(24)37-23-13-12-19(29)15-22(23)31-28(35)18-7-6-14-34(16-18)17-26-32-27(33-38-26)20-8-2-3-9-21(20)30/h2-5,8-13,15,18H,6-7,14,16-17H2,1H3,(H,31,35). The van der Waals surface area contributed by atoms with Crippen LogP contribution in [0, 0.1) is 5.92 Å². The molecule has 8 nitrogen and oxygen atoms in total. The molecule has 1 aromatic heterocycles. The molecule has 1 aliphatic heterocycles. The zero-order valence-corrected chi connectivity index (χ0v) is 22.2. The maximum atomic E-state index is 13.3. The van der Waals surface area contributed by atoms with E-state index in [0.29, 0.717) is 63.3 Å². The van der Waals surface area contributed by atoms with E-state index in [4.69, 9.17) is 37.2 Å². The first-order chi connectivity index (χ1) is 18.5. The van der Waals surface area contributed by atoms with E-state index >= 15 is 0 Å². The SMILES string of the molecule is COc1ccccc1Oc1ccc(Cl)cc1NC(=O)C1CCCN(Cc2nc(-c3ccccc3Cl)no2)C1. The predicted octanol–water partition coefficient (Wildman–Crippen LogP) is 6.70. The van der Waals surface area contributed by atoms with Crippen molar-refractivity contribution in [1.29, 1.82) is 0 Å². The number of likely N-dealkylation sites (tertiary alicyclic amines) is 1. The molecule has 1 fully saturated rings. The minimum absolute atomic E-state index is 0.107. The van der Waals surface area contributed by atoms with E-state index in [9.17, 15) is 4.79 Å². The van der Waals surface area contributed by atoms with Gasteiger partial charge in [-0.3, -0.25) is 9.69 Å². The number of ether oxygens (including phenoxy) is 2. The second-order valence-electron chi connectivity index (χ2n) is 8.95. The number of halogens is 2. The average molecular weight is 553 g/mol. The normalized spacial score (nSPS) is 15.7. The maximum absolute atomic E-state index is 13.3. The summed E-state index contributed by atoms with van der Waals surface area (Å²) in [6, 6.07) is 19.8. The van der Waals surface area contributed by atoms with Gasteiger partial charge in [-0.2, -0.15) is 4.98 Å². The van der Waals surface area contributed by atoms with Crippen LogP contribution in [-0.4, -0.2) is 41.1 Å². The molecular formula is C28H26Cl2N4O4. The van der Waals surface area contributed by atoms with Crippen molar-refractivity contribution in [2.45, 2.75) is 19.4 Å². The number of nitrogens with zero attached hydrogens (tertiary/aromatic N) is 3. The molecule has 0 radical (unpaired) electrons. The predicted molar refractivity (Wildman–Crippen MR) is 146 cm³/mol. The monoisotopic (exact) mass is 552 g/mol. The number of carbonyl (C=O) groups excluding carboxylic acids is 1. The van der Waals surface area contributed by atoms with Crippen LogP contribution >= 0.6 is 23.2 Å². The summed E-state index contributed by atoms with van der Waals surface area (Å²) in [4.78, 5) is 19.9. The highest BCUT2D eigenvalue weighted by atomic mass is 35.5. The van der Waals surface area contributed by atoms with Crippen LogP contribution in [0.2, 0.25) is 10.0 Å². The number of benzene rings is 3. The van der Waals surface area contributed by atoms with Gasteiger partial charge in [0.25, 0.3) is 0 Å². The zero-order chi connectivity index (χ0) is 26.5. The van der Waals surface area contributed by atoms with Crippen molar-refractivity contribution in [3.63, 3.8) is 0 Å². The minimum atomic E-state index is -0.229. The number of piperidine rings is 1. The summed E-state index contributed by atoms with van der Waals surface area (Å²) in [6.45, 7) is 1.83. The van der Waals surface area contributed by atoms with Gasteiger partial charge in [0.15, 0.2) is 17.2 Å². The molecule has 196 valence electrons. The summed E-state index contributed by atoms with van der Waals surface area (Å²) in [5.74, 6) is 2.17. The average Bonchev–Trinajstić information content (AvgIpc) is 3.39. The van der Waals surface area contributed by atoms with Crippen LogP contribution in [-0.2, 0) is 11.3 Å². The lowest BCUT2D eigenvalue weighted by molar-refractivity contribution is -0.121. The first-order valence-corrected chi connectivity index (χ1v) is 13.0. The lowest BCUT2D eigenvalue weighted by Crippen LogP contribution is -2.40. The zero-order valence-electron chi connectivity index (χ0n) is 20.7. The van der Waals surface area contributed by atoms with E-state index in [2.05, 4.69) is 20.4 Å². The summed E-state index contributed by atoms with van der Waals surface area (Å²) in [5, 5.41) is 8.14. The van der Waals surface area contributed by atoms with E-state index in [1.807, 2.05) is 30.3 Å². The van der Waals surface area contributed by atoms with Gasteiger partial charge in [-0.05, 0) is 61.9 Å². The molecular weight excluding hydrogens is 527 g/mol. The Morgan fingerprint density at radius 3 is 2.68 bits per heavy atom. The molecule has 5 rings (SSSR count). The van der Waals surface area contributed by atoms with Gasteiger partial charge in [-0.1, -0.05) is 52.6 Å². The second kappa shape index (κ2) is 11.9. The van der Waals surface area contributed by atoms with Gasteiger partial charge < -0.3 is 19.3 Å². The molecule has 0 saturated carbocycles. The molecule has 1 unspecified atom stereocenters. The quantitative estimate of drug-likeness (QED) is 0.260. The Morgan fingerprint density at radius 1 is 1.08 bits per heavy atom. The Kier molecular flexibility index (Phi) is 8.12. The molecule has 4 aromatic rings. The Hall–Kier alpha value is -3.59. The summed E-state index contributed by atoms with van der Waals surface area (Å²) < 4.78 is 16.9. The number of para-hydroxylation sites is 2. The van der Waals surface area contributed by atoms with Gasteiger partial charge in [-0.15, -0.1) is 0 Å². The van der Waals surface area contributed by atoms with Crippen molar-refractivity contribution in [3.05, 3.63) is 82.7 Å². The molecule has 0 bridgehead atoms. The summed E-state index contributed by atoms with van der Waals surface area (Å²) >= 11 is 12.5. The Bertz CT molecular complexity index is 1430. The van der Waals surface area contributed by atoms with Crippen molar-refractivity contribution < 1.29 is 18.8 Å². The van der Waals surface area contributed by atoms with Crippen LogP contribution < -0.4 is 14.8 Å². The topological polar surface area (TPSA) is 89.7 Å². The second-order valence-corrected chi connectivity index (χ2v) is 9.79. The molecule has 1 amide bonds. The fourth-order valence-corrected chi connectivity index (χ4v) is 4.81. The van der Waals surface area contributed by atoms with Crippen molar-refractivity contribution >= 4 is 34.8 Å². The smallest absolute Gasteiger partial charge is 0.241 e. The van der Waals surface area contributed by atoms with E-state index < -0.39 is 0 Å². The molecule has 1 atom stereocenters.